The average Bonchev–Trinajstić information content (AvgIpc) is 2.11. The Bertz CT molecular complexity index is 360. The van der Waals surface area contributed by atoms with E-state index in [4.69, 9.17) is 9.47 Å². The van der Waals surface area contributed by atoms with E-state index in [2.05, 4.69) is 60.6 Å². The van der Waals surface area contributed by atoms with E-state index in [1.165, 1.54) is 5.56 Å². The van der Waals surface area contributed by atoms with Crippen LogP contribution in [0.25, 0.3) is 0 Å². The summed E-state index contributed by atoms with van der Waals surface area (Å²) in [7, 11) is 0. The summed E-state index contributed by atoms with van der Waals surface area (Å²) in [5.74, 6) is 1.75. The first-order chi connectivity index (χ1) is 8.09. The van der Waals surface area contributed by atoms with E-state index in [0.29, 0.717) is 0 Å². The van der Waals surface area contributed by atoms with E-state index in [9.17, 15) is 0 Å². The highest BCUT2D eigenvalue weighted by Crippen LogP contribution is 2.28. The van der Waals surface area contributed by atoms with E-state index in [0.717, 1.165) is 17.9 Å². The van der Waals surface area contributed by atoms with Crippen molar-refractivity contribution in [1.82, 2.24) is 0 Å². The first-order valence-electron chi connectivity index (χ1n) is 6.61. The van der Waals surface area contributed by atoms with Gasteiger partial charge in [0.25, 0.3) is 0 Å². The van der Waals surface area contributed by atoms with Crippen LogP contribution >= 0.6 is 0 Å². The van der Waals surface area contributed by atoms with Crippen LogP contribution in [-0.4, -0.2) is 11.2 Å². The minimum atomic E-state index is -0.189. The number of ether oxygens (including phenoxy) is 2. The van der Waals surface area contributed by atoms with Crippen LogP contribution in [0.2, 0.25) is 0 Å². The van der Waals surface area contributed by atoms with Crippen molar-refractivity contribution in [1.29, 1.82) is 0 Å². The van der Waals surface area contributed by atoms with Crippen LogP contribution in [0.15, 0.2) is 18.2 Å². The number of hydrogen-bond acceptors (Lipinski definition) is 2. The Morgan fingerprint density at radius 1 is 0.778 bits per heavy atom. The fourth-order valence-electron chi connectivity index (χ4n) is 1.66. The molecule has 0 amide bonds. The van der Waals surface area contributed by atoms with Gasteiger partial charge < -0.3 is 9.47 Å². The molecule has 0 aliphatic carbocycles. The molecule has 1 aromatic rings. The lowest BCUT2D eigenvalue weighted by atomic mass is 10.1. The van der Waals surface area contributed by atoms with Crippen molar-refractivity contribution in [3.05, 3.63) is 23.8 Å². The fourth-order valence-corrected chi connectivity index (χ4v) is 1.66. The summed E-state index contributed by atoms with van der Waals surface area (Å²) >= 11 is 0. The van der Waals surface area contributed by atoms with Gasteiger partial charge in [-0.05, 0) is 65.7 Å². The molecule has 0 radical (unpaired) electrons. The molecule has 0 saturated carbocycles. The van der Waals surface area contributed by atoms with Crippen molar-refractivity contribution in [3.63, 3.8) is 0 Å². The summed E-state index contributed by atoms with van der Waals surface area (Å²) < 4.78 is 11.8. The van der Waals surface area contributed by atoms with Crippen molar-refractivity contribution < 1.29 is 9.47 Å². The second-order valence-corrected chi connectivity index (χ2v) is 6.60. The van der Waals surface area contributed by atoms with Gasteiger partial charge in [0.2, 0.25) is 0 Å². The molecule has 0 bridgehead atoms. The maximum absolute atomic E-state index is 5.92. The zero-order valence-electron chi connectivity index (χ0n) is 12.8. The van der Waals surface area contributed by atoms with Crippen LogP contribution < -0.4 is 9.47 Å². The van der Waals surface area contributed by atoms with Gasteiger partial charge in [0.15, 0.2) is 0 Å². The Balaban J connectivity index is 3.02. The van der Waals surface area contributed by atoms with Crippen molar-refractivity contribution in [2.45, 2.75) is 66.1 Å². The second kappa shape index (κ2) is 5.21. The maximum atomic E-state index is 5.92. The largest absolute Gasteiger partial charge is 0.488 e. The minimum absolute atomic E-state index is 0.189. The third-order valence-electron chi connectivity index (χ3n) is 2.20. The normalized spacial score (nSPS) is 12.4. The predicted octanol–water partition coefficient (Wildman–Crippen LogP) is 4.60. The van der Waals surface area contributed by atoms with E-state index >= 15 is 0 Å². The average molecular weight is 250 g/mol. The maximum Gasteiger partial charge on any atom is 0.124 e. The summed E-state index contributed by atoms with van der Waals surface area (Å²) in [4.78, 5) is 0. The van der Waals surface area contributed by atoms with Gasteiger partial charge in [-0.25, -0.2) is 0 Å². The molecule has 2 heteroatoms. The molecule has 2 nitrogen and oxygen atoms in total. The van der Waals surface area contributed by atoms with Gasteiger partial charge in [-0.15, -0.1) is 0 Å². The van der Waals surface area contributed by atoms with E-state index in [1.54, 1.807) is 0 Å². The number of aryl methyl sites for hydroxylation is 1. The molecule has 0 heterocycles. The molecular weight excluding hydrogens is 224 g/mol. The highest BCUT2D eigenvalue weighted by Gasteiger charge is 2.16. The summed E-state index contributed by atoms with van der Waals surface area (Å²) in [6.07, 6.45) is 0.974. The highest BCUT2D eigenvalue weighted by atomic mass is 16.5. The molecule has 0 saturated heterocycles. The van der Waals surface area contributed by atoms with Gasteiger partial charge in [-0.3, -0.25) is 0 Å². The third kappa shape index (κ3) is 5.44. The van der Waals surface area contributed by atoms with Crippen LogP contribution in [0, 0.1) is 0 Å². The molecule has 102 valence electrons. The smallest absolute Gasteiger partial charge is 0.124 e. The van der Waals surface area contributed by atoms with Crippen LogP contribution in [0.1, 0.15) is 54.0 Å². The van der Waals surface area contributed by atoms with Crippen LogP contribution in [-0.2, 0) is 6.42 Å². The molecule has 0 spiro atoms. The zero-order valence-corrected chi connectivity index (χ0v) is 12.8. The highest BCUT2D eigenvalue weighted by molar-refractivity contribution is 5.39. The Morgan fingerprint density at radius 2 is 1.17 bits per heavy atom. The fraction of sp³-hybridized carbons (Fsp3) is 0.625. The number of benzene rings is 1. The summed E-state index contributed by atoms with van der Waals surface area (Å²) in [5.41, 5.74) is 0.854. The van der Waals surface area contributed by atoms with E-state index < -0.39 is 0 Å². The lowest BCUT2D eigenvalue weighted by Crippen LogP contribution is -2.24. The molecule has 0 aliphatic heterocycles. The molecule has 0 N–H and O–H groups in total. The third-order valence-corrected chi connectivity index (χ3v) is 2.20. The molecule has 1 aromatic carbocycles. The molecule has 0 fully saturated rings. The van der Waals surface area contributed by atoms with E-state index in [-0.39, 0.29) is 11.2 Å². The van der Waals surface area contributed by atoms with Crippen LogP contribution in [0.3, 0.4) is 0 Å². The topological polar surface area (TPSA) is 18.5 Å². The molecule has 0 aromatic heterocycles. The first-order valence-corrected chi connectivity index (χ1v) is 6.61. The standard InChI is InChI=1S/C16H26O2/c1-8-12-9-13(17-15(2,3)4)11-14(10-12)18-16(5,6)7/h9-11H,8H2,1-7H3. The minimum Gasteiger partial charge on any atom is -0.488 e. The van der Waals surface area contributed by atoms with Crippen LogP contribution in [0.4, 0.5) is 0 Å². The summed E-state index contributed by atoms with van der Waals surface area (Å²) in [6, 6.07) is 6.14. The summed E-state index contributed by atoms with van der Waals surface area (Å²) in [5, 5.41) is 0. The lowest BCUT2D eigenvalue weighted by molar-refractivity contribution is 0.121. The van der Waals surface area contributed by atoms with Gasteiger partial charge in [0.1, 0.15) is 22.7 Å². The Hall–Kier alpha value is -1.18. The van der Waals surface area contributed by atoms with Gasteiger partial charge in [0.05, 0.1) is 0 Å². The van der Waals surface area contributed by atoms with Gasteiger partial charge >= 0.3 is 0 Å². The predicted molar refractivity (Wildman–Crippen MR) is 76.6 cm³/mol. The number of rotatable bonds is 3. The van der Waals surface area contributed by atoms with Gasteiger partial charge in [-0.1, -0.05) is 6.92 Å². The molecule has 18 heavy (non-hydrogen) atoms. The molecule has 0 aliphatic rings. The molecule has 0 unspecified atom stereocenters. The quantitative estimate of drug-likeness (QED) is 0.780. The summed E-state index contributed by atoms with van der Waals surface area (Å²) in [6.45, 7) is 14.4. The van der Waals surface area contributed by atoms with Crippen LogP contribution in [0.5, 0.6) is 11.5 Å². The number of hydrogen-bond donors (Lipinski definition) is 0. The Labute approximate surface area is 111 Å². The monoisotopic (exact) mass is 250 g/mol. The molecular formula is C16H26O2. The SMILES string of the molecule is CCc1cc(OC(C)(C)C)cc(OC(C)(C)C)c1. The van der Waals surface area contributed by atoms with Crippen molar-refractivity contribution in [2.24, 2.45) is 0 Å². The second-order valence-electron chi connectivity index (χ2n) is 6.60. The Morgan fingerprint density at radius 3 is 1.44 bits per heavy atom. The van der Waals surface area contributed by atoms with Gasteiger partial charge in [0, 0.05) is 6.07 Å². The van der Waals surface area contributed by atoms with Crippen molar-refractivity contribution >= 4 is 0 Å². The molecule has 0 atom stereocenters. The first kappa shape index (κ1) is 14.9. The van der Waals surface area contributed by atoms with Crippen molar-refractivity contribution in [3.8, 4) is 11.5 Å². The zero-order chi connectivity index (χ0) is 14.0. The lowest BCUT2D eigenvalue weighted by Gasteiger charge is -2.25. The Kier molecular flexibility index (Phi) is 4.31. The van der Waals surface area contributed by atoms with E-state index in [1.807, 2.05) is 6.07 Å². The molecule has 1 rings (SSSR count). The van der Waals surface area contributed by atoms with Crippen molar-refractivity contribution in [2.75, 3.05) is 0 Å². The van der Waals surface area contributed by atoms with Gasteiger partial charge in [-0.2, -0.15) is 0 Å².